The number of benzene rings is 12. The number of ether oxygens (including phenoxy) is 1. The van der Waals surface area contributed by atoms with Gasteiger partial charge >= 0.3 is 0 Å². The first-order valence-electron chi connectivity index (χ1n) is 28.9. The summed E-state index contributed by atoms with van der Waals surface area (Å²) < 4.78 is 10.0. The Balaban J connectivity index is 1.05. The van der Waals surface area contributed by atoms with Crippen molar-refractivity contribution in [3.63, 3.8) is 0 Å². The molecule has 1 atom stereocenters. The second kappa shape index (κ2) is 18.9. The first kappa shape index (κ1) is 48.0. The summed E-state index contributed by atoms with van der Waals surface area (Å²) in [5.41, 5.74) is 22.8. The van der Waals surface area contributed by atoms with Gasteiger partial charge in [-0.3, -0.25) is 0 Å². The third-order valence-corrected chi connectivity index (χ3v) is 17.8. The average Bonchev–Trinajstić information content (AvgIpc) is 3.06. The second-order valence-electron chi connectivity index (χ2n) is 23.5. The van der Waals surface area contributed by atoms with E-state index in [1.807, 2.05) is 0 Å². The highest BCUT2D eigenvalue weighted by Gasteiger charge is 2.49. The van der Waals surface area contributed by atoms with Crippen LogP contribution in [0, 0.1) is 0 Å². The summed E-state index contributed by atoms with van der Waals surface area (Å²) in [7, 11) is 0. The van der Waals surface area contributed by atoms with Gasteiger partial charge in [0.25, 0.3) is 6.71 Å². The molecule has 0 N–H and O–H groups in total. The molecule has 0 fully saturated rings. The molecule has 13 aromatic rings. The van der Waals surface area contributed by atoms with Crippen LogP contribution in [-0.2, 0) is 5.41 Å². The fraction of sp³-hybridized carbons (Fsp3) is 0.0769. The Morgan fingerprint density at radius 2 is 0.878 bits per heavy atom. The lowest BCUT2D eigenvalue weighted by Gasteiger charge is -2.49. The van der Waals surface area contributed by atoms with Crippen LogP contribution in [0.25, 0.3) is 105 Å². The third-order valence-electron chi connectivity index (χ3n) is 17.8. The van der Waals surface area contributed by atoms with Crippen LogP contribution in [-0.4, -0.2) is 17.3 Å². The van der Waals surface area contributed by atoms with Crippen molar-refractivity contribution in [2.75, 3.05) is 4.90 Å². The second-order valence-corrected chi connectivity index (χ2v) is 23.5. The van der Waals surface area contributed by atoms with Gasteiger partial charge in [0.2, 0.25) is 0 Å². The molecular formula is C78H57BN2O. The van der Waals surface area contributed by atoms with Crippen molar-refractivity contribution in [1.82, 2.24) is 4.57 Å². The van der Waals surface area contributed by atoms with Gasteiger partial charge in [-0.15, -0.1) is 0 Å². The quantitative estimate of drug-likeness (QED) is 0.117. The first-order chi connectivity index (χ1) is 40.3. The molecule has 0 bridgehead atoms. The smallest absolute Gasteiger partial charge is 0.251 e. The van der Waals surface area contributed by atoms with E-state index < -0.39 is 0 Å². The van der Waals surface area contributed by atoms with Crippen molar-refractivity contribution in [2.45, 2.75) is 38.6 Å². The van der Waals surface area contributed by atoms with Crippen LogP contribution in [0.1, 0.15) is 32.8 Å². The topological polar surface area (TPSA) is 17.4 Å². The number of nitrogens with zero attached hydrogens (tertiary/aromatic N) is 2. The monoisotopic (exact) mass is 1050 g/mol. The van der Waals surface area contributed by atoms with Crippen LogP contribution >= 0.6 is 0 Å². The van der Waals surface area contributed by atoms with E-state index in [0.717, 1.165) is 11.5 Å². The van der Waals surface area contributed by atoms with E-state index in [2.05, 4.69) is 303 Å². The molecule has 12 aromatic carbocycles. The fourth-order valence-electron chi connectivity index (χ4n) is 14.1. The molecule has 82 heavy (non-hydrogen) atoms. The summed E-state index contributed by atoms with van der Waals surface area (Å²) in [5.74, 6) is 1.81. The van der Waals surface area contributed by atoms with Crippen LogP contribution in [0.4, 0.5) is 11.4 Å². The summed E-state index contributed by atoms with van der Waals surface area (Å²) in [6.07, 6.45) is 3.09. The van der Waals surface area contributed by atoms with Crippen molar-refractivity contribution >= 4 is 78.1 Å². The molecule has 3 heterocycles. The third kappa shape index (κ3) is 7.58. The predicted octanol–water partition coefficient (Wildman–Crippen LogP) is 19.0. The maximum atomic E-state index is 7.51. The Morgan fingerprint density at radius 1 is 0.415 bits per heavy atom. The van der Waals surface area contributed by atoms with Crippen molar-refractivity contribution in [1.29, 1.82) is 0 Å². The Labute approximate surface area is 479 Å². The number of anilines is 2. The number of para-hydroxylation sites is 2. The molecule has 4 heteroatoms. The van der Waals surface area contributed by atoms with Gasteiger partial charge in [0.05, 0.1) is 22.8 Å². The lowest BCUT2D eigenvalue weighted by molar-refractivity contribution is 0.432. The fourth-order valence-corrected chi connectivity index (χ4v) is 14.1. The van der Waals surface area contributed by atoms with Crippen LogP contribution in [0.2, 0.25) is 0 Å². The molecule has 16 rings (SSSR count). The highest BCUT2D eigenvalue weighted by Crippen LogP contribution is 2.54. The predicted molar refractivity (Wildman–Crippen MR) is 347 cm³/mol. The number of fused-ring (bicyclic) bond motifs is 9. The molecule has 388 valence electrons. The molecule has 2 aliphatic heterocycles. The first-order valence-corrected chi connectivity index (χ1v) is 28.9. The van der Waals surface area contributed by atoms with Gasteiger partial charge < -0.3 is 14.2 Å². The minimum atomic E-state index is -0.199. The van der Waals surface area contributed by atoms with Gasteiger partial charge in [-0.05, 0) is 136 Å². The number of hydrogen-bond donors (Lipinski definition) is 0. The molecule has 0 amide bonds. The summed E-state index contributed by atoms with van der Waals surface area (Å²) >= 11 is 0. The van der Waals surface area contributed by atoms with E-state index in [1.165, 1.54) is 138 Å². The highest BCUT2D eigenvalue weighted by atomic mass is 16.5. The molecule has 1 aliphatic carbocycles. The van der Waals surface area contributed by atoms with Crippen LogP contribution < -0.4 is 20.6 Å². The summed E-state index contributed by atoms with van der Waals surface area (Å²) in [5, 5.41) is 7.41. The van der Waals surface area contributed by atoms with Crippen molar-refractivity contribution in [2.24, 2.45) is 0 Å². The minimum Gasteiger partial charge on any atom is -0.459 e. The number of rotatable bonds is 7. The summed E-state index contributed by atoms with van der Waals surface area (Å²) in [6.45, 7) is 6.92. The Hall–Kier alpha value is -9.90. The molecule has 3 aliphatic rings. The number of allylic oxidation sites excluding steroid dienone is 1. The normalized spacial score (nSPS) is 14.7. The zero-order chi connectivity index (χ0) is 54.6. The Kier molecular flexibility index (Phi) is 11.1. The summed E-state index contributed by atoms with van der Waals surface area (Å²) in [4.78, 5) is 2.78. The van der Waals surface area contributed by atoms with Gasteiger partial charge in [-0.25, -0.2) is 0 Å². The van der Waals surface area contributed by atoms with Gasteiger partial charge in [-0.2, -0.15) is 0 Å². The molecule has 0 saturated heterocycles. The van der Waals surface area contributed by atoms with E-state index in [-0.39, 0.29) is 18.2 Å². The van der Waals surface area contributed by atoms with E-state index in [9.17, 15) is 0 Å². The van der Waals surface area contributed by atoms with Gasteiger partial charge in [0.1, 0.15) is 11.5 Å². The van der Waals surface area contributed by atoms with Crippen LogP contribution in [0.15, 0.2) is 284 Å². The lowest BCUT2D eigenvalue weighted by Crippen LogP contribution is -2.60. The van der Waals surface area contributed by atoms with Gasteiger partial charge in [-0.1, -0.05) is 251 Å². The van der Waals surface area contributed by atoms with Crippen LogP contribution in [0.3, 0.4) is 0 Å². The minimum absolute atomic E-state index is 0.119. The maximum Gasteiger partial charge on any atom is 0.251 e. The summed E-state index contributed by atoms with van der Waals surface area (Å²) in [6, 6.07) is 99.1. The average molecular weight is 1050 g/mol. The number of aromatic nitrogens is 1. The molecular weight excluding hydrogens is 992 g/mol. The lowest BCUT2D eigenvalue weighted by atomic mass is 9.32. The zero-order valence-electron chi connectivity index (χ0n) is 46.1. The Bertz CT molecular complexity index is 4610. The molecule has 1 unspecified atom stereocenters. The molecule has 1 aromatic heterocycles. The largest absolute Gasteiger partial charge is 0.459 e. The van der Waals surface area contributed by atoms with Crippen molar-refractivity contribution in [3.8, 4) is 61.4 Å². The number of hydrogen-bond acceptors (Lipinski definition) is 2. The maximum absolute atomic E-state index is 7.51. The van der Waals surface area contributed by atoms with Crippen molar-refractivity contribution in [3.05, 3.63) is 290 Å². The van der Waals surface area contributed by atoms with E-state index in [1.54, 1.807) is 0 Å². The Morgan fingerprint density at radius 3 is 1.41 bits per heavy atom. The van der Waals surface area contributed by atoms with E-state index >= 15 is 0 Å². The van der Waals surface area contributed by atoms with E-state index in [0.29, 0.717) is 6.42 Å². The molecule has 0 saturated carbocycles. The molecule has 0 spiro atoms. The van der Waals surface area contributed by atoms with Gasteiger partial charge in [0, 0.05) is 39.7 Å². The van der Waals surface area contributed by atoms with E-state index in [4.69, 9.17) is 4.74 Å². The highest BCUT2D eigenvalue weighted by molar-refractivity contribution is 6.93. The van der Waals surface area contributed by atoms with Gasteiger partial charge in [0.15, 0.2) is 0 Å². The SMILES string of the molecule is CC(C)(C)c1cc(-c2ccccc2)c(N2c3cc(-c4c5ccccc5c(-c5ccccc5)c5ccccc45)ccc3B3C4=C(C=C(n5c6ccccc6c6ccccc65)CC42)Oc2ccc(-c4ccccc4)cc23)c(-c2ccccc2)c1. The van der Waals surface area contributed by atoms with Crippen molar-refractivity contribution < 1.29 is 4.74 Å². The molecule has 3 nitrogen and oxygen atoms in total. The molecule has 0 radical (unpaired) electrons. The standard InChI is InChI=1S/C78H57BN2O/c1-78(2,3)56-46-64(51-26-10-5-11-27-51)77(65(47-56)52-28-12-6-13-29-52)81-70-45-55(75-62-36-18-16-34-60(62)74(53-30-14-7-15-31-53)61-35-17-19-37-63(61)75)40-42-66(70)79-67-44-54(50-24-8-4-9-25-50)41-43-72(67)82-73-49-57(48-71(81)76(73)79)80-68-38-22-20-32-58(68)59-33-21-23-39-69(59)80/h4-47,49,71H,48H2,1-3H3. The van der Waals surface area contributed by atoms with Crippen LogP contribution in [0.5, 0.6) is 5.75 Å². The zero-order valence-corrected chi connectivity index (χ0v) is 46.1.